The van der Waals surface area contributed by atoms with Gasteiger partial charge in [0.15, 0.2) is 0 Å². The number of fused-ring (bicyclic) bond motifs is 1. The van der Waals surface area contributed by atoms with Crippen LogP contribution in [0.15, 0.2) is 48.5 Å². The summed E-state index contributed by atoms with van der Waals surface area (Å²) in [6.45, 7) is -18.9. The lowest BCUT2D eigenvalue weighted by Gasteiger charge is -2.16. The van der Waals surface area contributed by atoms with Gasteiger partial charge in [0.1, 0.15) is 17.6 Å². The van der Waals surface area contributed by atoms with Crippen molar-refractivity contribution in [1.82, 2.24) is 9.88 Å². The molecule has 3 aromatic rings. The molecule has 1 aromatic heterocycles. The van der Waals surface area contributed by atoms with Crippen molar-refractivity contribution in [3.63, 3.8) is 0 Å². The van der Waals surface area contributed by atoms with E-state index in [4.69, 9.17) is 45.1 Å². The zero-order valence-electron chi connectivity index (χ0n) is 36.9. The number of aromatic nitrogens is 1. The number of carbonyl (C=O) groups is 1. The van der Waals surface area contributed by atoms with E-state index in [9.17, 15) is 14.4 Å². The number of ether oxygens (including phenoxy) is 1. The summed E-state index contributed by atoms with van der Waals surface area (Å²) in [7, 11) is 0. The molecule has 0 spiro atoms. The van der Waals surface area contributed by atoms with E-state index in [0.717, 1.165) is 0 Å². The van der Waals surface area contributed by atoms with E-state index < -0.39 is 143 Å². The van der Waals surface area contributed by atoms with Gasteiger partial charge >= 0.3 is 0 Å². The molecule has 2 N–H and O–H groups in total. The molecule has 0 bridgehead atoms. The van der Waals surface area contributed by atoms with Crippen molar-refractivity contribution in [3.8, 4) is 11.8 Å². The van der Waals surface area contributed by atoms with Crippen molar-refractivity contribution < 1.29 is 42.7 Å². The molecule has 3 rings (SSSR count). The minimum atomic E-state index is -3.92. The van der Waals surface area contributed by atoms with Crippen molar-refractivity contribution in [2.75, 3.05) is 37.6 Å². The van der Waals surface area contributed by atoms with Gasteiger partial charge in [0.05, 0.1) is 47.7 Å². The quantitative estimate of drug-likeness (QED) is 0.429. The number of rotatable bonds is 8. The van der Waals surface area contributed by atoms with Crippen LogP contribution in [0.25, 0.3) is 10.9 Å². The van der Waals surface area contributed by atoms with Gasteiger partial charge in [-0.1, -0.05) is 17.7 Å². The minimum absolute atomic E-state index is 0.763. The van der Waals surface area contributed by atoms with E-state index in [1.165, 1.54) is 6.07 Å². The highest BCUT2D eigenvalue weighted by Crippen LogP contribution is 2.36. The Morgan fingerprint density at radius 1 is 1.48 bits per heavy atom. The lowest BCUT2D eigenvalue weighted by Crippen LogP contribution is -2.13. The lowest BCUT2D eigenvalue weighted by molar-refractivity contribution is -0.111. The number of amides is 1. The van der Waals surface area contributed by atoms with E-state index in [0.29, 0.717) is 0 Å². The zero-order chi connectivity index (χ0) is 42.0. The van der Waals surface area contributed by atoms with Crippen LogP contribution in [-0.4, -0.2) is 42.8 Å². The summed E-state index contributed by atoms with van der Waals surface area (Å²) in [5.41, 5.74) is -4.53. The number of nitrogens with one attached hydrogen (secondary N) is 2. The second-order valence-corrected chi connectivity index (χ2v) is 6.00. The van der Waals surface area contributed by atoms with E-state index in [2.05, 4.69) is 10.3 Å². The first-order valence-corrected chi connectivity index (χ1v) is 8.71. The Labute approximate surface area is 225 Å². The summed E-state index contributed by atoms with van der Waals surface area (Å²) in [5.74, 6) is -4.81. The maximum atomic E-state index is 14.4. The Kier molecular flexibility index (Phi) is 2.80. The standard InChI is InChI=1S/C24H23ClFN5O2/c1-4-33-22-12-20-17(11-21(22)30-23(32)6-5-9-31(2)3)24(15(13-27)14-28-20)29-16-7-8-19(26)18(25)10-16/h5-8,10-12,14H,4,9H2,1-3H3,(H,28,29)(H,30,32)/b6-5+/i1D3,2D3,3D3,4D2,5D,6D,7D,8D,9D2,10D,11D,12D,14D. The fourth-order valence-corrected chi connectivity index (χ4v) is 2.44. The summed E-state index contributed by atoms with van der Waals surface area (Å²) >= 11 is 5.80. The zero-order valence-corrected chi connectivity index (χ0v) is 16.7. The highest BCUT2D eigenvalue weighted by atomic mass is 35.5. The Morgan fingerprint density at radius 3 is 3.09 bits per heavy atom. The van der Waals surface area contributed by atoms with Crippen LogP contribution < -0.4 is 15.4 Å². The fourth-order valence-electron chi connectivity index (χ4n) is 2.29. The Morgan fingerprint density at radius 2 is 2.33 bits per heavy atom. The summed E-state index contributed by atoms with van der Waals surface area (Å²) in [4.78, 5) is 16.4. The summed E-state index contributed by atoms with van der Waals surface area (Å²) < 4.78 is 185. The molecule has 1 heterocycles. The maximum absolute atomic E-state index is 14.4. The molecule has 7 nitrogen and oxygen atoms in total. The Bertz CT molecular complexity index is 2080. The number of benzene rings is 2. The van der Waals surface area contributed by atoms with E-state index >= 15 is 0 Å². The van der Waals surface area contributed by atoms with Crippen LogP contribution >= 0.6 is 11.6 Å². The van der Waals surface area contributed by atoms with Crippen LogP contribution in [0.2, 0.25) is 5.02 Å². The second-order valence-electron chi connectivity index (χ2n) is 5.62. The first kappa shape index (κ1) is 8.60. The summed E-state index contributed by atoms with van der Waals surface area (Å²) in [6, 6.07) is -7.78. The van der Waals surface area contributed by atoms with E-state index in [-0.39, 0.29) is 0 Å². The van der Waals surface area contributed by atoms with Crippen LogP contribution in [0.1, 0.15) is 41.2 Å². The van der Waals surface area contributed by atoms with E-state index in [1.54, 1.807) is 5.32 Å². The number of nitriles is 1. The molecule has 170 valence electrons. The van der Waals surface area contributed by atoms with Gasteiger partial charge < -0.3 is 20.3 Å². The normalized spacial score (nSPS) is 22.9. The van der Waals surface area contributed by atoms with Crippen LogP contribution in [0.3, 0.4) is 0 Å². The number of hydrogen-bond acceptors (Lipinski definition) is 6. The van der Waals surface area contributed by atoms with Crippen LogP contribution in [0, 0.1) is 17.1 Å². The van der Waals surface area contributed by atoms with Crippen LogP contribution in [0.5, 0.6) is 5.75 Å². The van der Waals surface area contributed by atoms with Crippen molar-refractivity contribution in [1.29, 1.82) is 5.26 Å². The molecule has 9 heteroatoms. The number of pyridine rings is 1. The highest BCUT2D eigenvalue weighted by Gasteiger charge is 2.15. The highest BCUT2D eigenvalue weighted by molar-refractivity contribution is 6.31. The predicted octanol–water partition coefficient (Wildman–Crippen LogP) is 5.10. The van der Waals surface area contributed by atoms with Gasteiger partial charge in [-0.25, -0.2) is 4.39 Å². The largest absolute Gasteiger partial charge is 0.492 e. The first-order chi connectivity index (χ1) is 24.2. The van der Waals surface area contributed by atoms with Gasteiger partial charge in [-0.3, -0.25) is 9.78 Å². The molecule has 0 radical (unpaired) electrons. The Balaban J connectivity index is 2.50. The molecular formula is C24H23ClFN5O2. The average Bonchev–Trinajstić information content (AvgIpc) is 3.01. The number of likely N-dealkylation sites (N-methyl/N-ethyl adjacent to an activating group) is 1. The topological polar surface area (TPSA) is 90.3 Å². The molecule has 33 heavy (non-hydrogen) atoms. The minimum Gasteiger partial charge on any atom is -0.492 e. The molecular weight excluding hydrogens is 445 g/mol. The van der Waals surface area contributed by atoms with Crippen LogP contribution in [0.4, 0.5) is 21.5 Å². The number of anilines is 3. The van der Waals surface area contributed by atoms with Gasteiger partial charge in [0.2, 0.25) is 5.91 Å². The molecule has 0 aliphatic heterocycles. The third-order valence-electron chi connectivity index (χ3n) is 3.55. The number of hydrogen-bond donors (Lipinski definition) is 2. The number of halogens is 2. The van der Waals surface area contributed by atoms with E-state index in [1.807, 2.05) is 0 Å². The fraction of sp³-hybridized carbons (Fsp3) is 0.208. The van der Waals surface area contributed by atoms with Gasteiger partial charge in [0.25, 0.3) is 0 Å². The maximum Gasteiger partial charge on any atom is 0.248 e. The molecule has 0 saturated heterocycles. The second kappa shape index (κ2) is 10.8. The monoisotopic (exact) mass is 488 g/mol. The predicted molar refractivity (Wildman–Crippen MR) is 129 cm³/mol. The van der Waals surface area contributed by atoms with Gasteiger partial charge in [-0.05, 0) is 45.0 Å². The van der Waals surface area contributed by atoms with Crippen molar-refractivity contribution >= 4 is 45.5 Å². The average molecular weight is 489 g/mol. The van der Waals surface area contributed by atoms with Crippen LogP contribution in [-0.2, 0) is 4.79 Å². The number of nitrogens with zero attached hydrogens (tertiary/aromatic N) is 3. The molecule has 0 fully saturated rings. The van der Waals surface area contributed by atoms with Crippen molar-refractivity contribution in [3.05, 3.63) is 64.9 Å². The molecule has 0 saturated carbocycles. The van der Waals surface area contributed by atoms with Crippen molar-refractivity contribution in [2.24, 2.45) is 0 Å². The first-order valence-electron chi connectivity index (χ1n) is 18.8. The Hall–Kier alpha value is -3.67. The third-order valence-corrected chi connectivity index (χ3v) is 3.81. The third kappa shape index (κ3) is 5.98. The van der Waals surface area contributed by atoms with Gasteiger partial charge in [0, 0.05) is 50.9 Å². The molecule has 2 aromatic carbocycles. The number of carbonyl (C=O) groups excluding carboxylic acids is 1. The molecule has 0 unspecified atom stereocenters. The summed E-state index contributed by atoms with van der Waals surface area (Å²) in [6.07, 6.45) is -0.996. The van der Waals surface area contributed by atoms with Crippen molar-refractivity contribution in [2.45, 2.75) is 6.85 Å². The summed E-state index contributed by atoms with van der Waals surface area (Å²) in [5, 5.41) is 12.2. The smallest absolute Gasteiger partial charge is 0.248 e. The SMILES string of the molecule is [2H]/C(C(=O)Nc1c(OC([2H])([2H])C([2H])([2H])[2H])c([2H])c2nc([2H])c(C#N)c(Nc3c([2H])c([2H])c(F)c(Cl)c3[2H])c2c1[2H])=C(/[2H])C([2H])([2H])N(C([2H])([2H])[2H])C([2H])([2H])[2H]. The van der Waals surface area contributed by atoms with Gasteiger partial charge in [-0.15, -0.1) is 0 Å². The van der Waals surface area contributed by atoms with Gasteiger partial charge in [-0.2, -0.15) is 5.26 Å². The molecule has 0 aliphatic rings. The molecule has 0 aliphatic carbocycles. The molecule has 0 atom stereocenters. The lowest BCUT2D eigenvalue weighted by atomic mass is 10.1. The molecule has 1 amide bonds.